The number of thiophene rings is 1. The van der Waals surface area contributed by atoms with Crippen LogP contribution in [-0.2, 0) is 6.42 Å². The smallest absolute Gasteiger partial charge is 0.0931 e. The Bertz CT molecular complexity index is 417. The first-order chi connectivity index (χ1) is 9.60. The lowest BCUT2D eigenvalue weighted by Gasteiger charge is -2.47. The van der Waals surface area contributed by atoms with E-state index in [0.717, 1.165) is 17.2 Å². The highest BCUT2D eigenvalue weighted by molar-refractivity contribution is 7.16. The van der Waals surface area contributed by atoms with Crippen molar-refractivity contribution in [1.29, 1.82) is 0 Å². The summed E-state index contributed by atoms with van der Waals surface area (Å²) in [7, 11) is 0. The summed E-state index contributed by atoms with van der Waals surface area (Å²) >= 11 is 7.70. The van der Waals surface area contributed by atoms with Gasteiger partial charge in [-0.2, -0.15) is 0 Å². The lowest BCUT2D eigenvalue weighted by Crippen LogP contribution is -2.62. The van der Waals surface area contributed by atoms with Crippen LogP contribution < -0.4 is 11.3 Å². The molecule has 1 aromatic heterocycles. The molecule has 2 rings (SSSR count). The van der Waals surface area contributed by atoms with Gasteiger partial charge in [0.25, 0.3) is 0 Å². The van der Waals surface area contributed by atoms with Crippen LogP contribution in [0.1, 0.15) is 44.4 Å². The molecule has 2 heterocycles. The second-order valence-corrected chi connectivity index (χ2v) is 7.69. The summed E-state index contributed by atoms with van der Waals surface area (Å²) in [5.41, 5.74) is 3.17. The van der Waals surface area contributed by atoms with Crippen molar-refractivity contribution >= 4 is 22.9 Å². The molecule has 0 bridgehead atoms. The van der Waals surface area contributed by atoms with Gasteiger partial charge in [-0.25, -0.2) is 0 Å². The van der Waals surface area contributed by atoms with Gasteiger partial charge >= 0.3 is 0 Å². The summed E-state index contributed by atoms with van der Waals surface area (Å²) in [5, 5.41) is 0. The van der Waals surface area contributed by atoms with Crippen LogP contribution in [-0.4, -0.2) is 29.6 Å². The summed E-state index contributed by atoms with van der Waals surface area (Å²) < 4.78 is 0.854. The SMILES string of the molecule is CCC(C)(C(Cc1ccc(Cl)s1)NN)N1CCCCC1. The number of hydrazine groups is 1. The van der Waals surface area contributed by atoms with Crippen LogP contribution in [0.4, 0.5) is 0 Å². The van der Waals surface area contributed by atoms with E-state index in [2.05, 4.69) is 30.2 Å². The second kappa shape index (κ2) is 7.23. The molecule has 3 N–H and O–H groups in total. The number of rotatable bonds is 6. The number of hydrogen-bond acceptors (Lipinski definition) is 4. The van der Waals surface area contributed by atoms with Crippen LogP contribution in [0.15, 0.2) is 12.1 Å². The minimum Gasteiger partial charge on any atom is -0.296 e. The Balaban J connectivity index is 2.12. The fourth-order valence-electron chi connectivity index (χ4n) is 3.22. The van der Waals surface area contributed by atoms with Gasteiger partial charge in [0.1, 0.15) is 0 Å². The Morgan fingerprint density at radius 3 is 2.60 bits per heavy atom. The molecule has 1 aromatic rings. The minimum atomic E-state index is 0.103. The third-order valence-corrected chi connectivity index (χ3v) is 6.03. The first kappa shape index (κ1) is 16.2. The Morgan fingerprint density at radius 2 is 2.10 bits per heavy atom. The summed E-state index contributed by atoms with van der Waals surface area (Å²) in [5.74, 6) is 5.89. The molecule has 2 atom stereocenters. The Labute approximate surface area is 131 Å². The Kier molecular flexibility index (Phi) is 5.87. The topological polar surface area (TPSA) is 41.3 Å². The van der Waals surface area contributed by atoms with Gasteiger partial charge in [-0.15, -0.1) is 11.3 Å². The zero-order chi connectivity index (χ0) is 14.6. The molecule has 0 aliphatic carbocycles. The maximum Gasteiger partial charge on any atom is 0.0931 e. The normalized spacial score (nSPS) is 21.6. The molecule has 0 radical (unpaired) electrons. The summed E-state index contributed by atoms with van der Waals surface area (Å²) in [6.45, 7) is 6.99. The number of nitrogens with one attached hydrogen (secondary N) is 1. The van der Waals surface area contributed by atoms with E-state index in [4.69, 9.17) is 17.4 Å². The van der Waals surface area contributed by atoms with Crippen molar-refractivity contribution in [1.82, 2.24) is 10.3 Å². The van der Waals surface area contributed by atoms with E-state index in [-0.39, 0.29) is 11.6 Å². The monoisotopic (exact) mass is 315 g/mol. The van der Waals surface area contributed by atoms with Gasteiger partial charge in [0.2, 0.25) is 0 Å². The number of halogens is 1. The molecular formula is C15H26ClN3S. The quantitative estimate of drug-likeness (QED) is 0.624. The van der Waals surface area contributed by atoms with Gasteiger partial charge in [-0.05, 0) is 51.4 Å². The van der Waals surface area contributed by atoms with Crippen molar-refractivity contribution < 1.29 is 0 Å². The molecular weight excluding hydrogens is 290 g/mol. The van der Waals surface area contributed by atoms with Crippen LogP contribution in [0, 0.1) is 0 Å². The molecule has 5 heteroatoms. The molecule has 1 saturated heterocycles. The van der Waals surface area contributed by atoms with Crippen molar-refractivity contribution in [2.45, 2.75) is 57.5 Å². The van der Waals surface area contributed by atoms with Crippen molar-refractivity contribution in [3.8, 4) is 0 Å². The number of likely N-dealkylation sites (tertiary alicyclic amines) is 1. The standard InChI is InChI=1S/C15H26ClN3S/c1-3-15(2,19-9-5-4-6-10-19)13(18-17)11-12-7-8-14(16)20-12/h7-8,13,18H,3-6,9-11,17H2,1-2H3. The first-order valence-electron chi connectivity index (χ1n) is 7.55. The minimum absolute atomic E-state index is 0.103. The first-order valence-corrected chi connectivity index (χ1v) is 8.75. The van der Waals surface area contributed by atoms with E-state index in [1.54, 1.807) is 11.3 Å². The fourth-order valence-corrected chi connectivity index (χ4v) is 4.35. The van der Waals surface area contributed by atoms with Gasteiger partial charge in [-0.3, -0.25) is 16.2 Å². The molecule has 0 spiro atoms. The van der Waals surface area contributed by atoms with Gasteiger partial charge in [0.05, 0.1) is 4.34 Å². The van der Waals surface area contributed by atoms with Crippen molar-refractivity contribution in [2.75, 3.05) is 13.1 Å². The van der Waals surface area contributed by atoms with Crippen molar-refractivity contribution in [2.24, 2.45) is 5.84 Å². The van der Waals surface area contributed by atoms with Gasteiger partial charge in [0.15, 0.2) is 0 Å². The predicted molar refractivity (Wildman–Crippen MR) is 88.3 cm³/mol. The van der Waals surface area contributed by atoms with Crippen LogP contribution >= 0.6 is 22.9 Å². The molecule has 0 saturated carbocycles. The van der Waals surface area contributed by atoms with Crippen LogP contribution in [0.5, 0.6) is 0 Å². The highest BCUT2D eigenvalue weighted by Crippen LogP contribution is 2.31. The molecule has 0 amide bonds. The molecule has 0 aromatic carbocycles. The summed E-state index contributed by atoms with van der Waals surface area (Å²) in [6, 6.07) is 4.34. The number of piperidine rings is 1. The Morgan fingerprint density at radius 1 is 1.40 bits per heavy atom. The molecule has 20 heavy (non-hydrogen) atoms. The number of nitrogens with zero attached hydrogens (tertiary/aromatic N) is 1. The summed E-state index contributed by atoms with van der Waals surface area (Å²) in [6.07, 6.45) is 6.00. The Hall–Kier alpha value is -0.130. The van der Waals surface area contributed by atoms with Crippen LogP contribution in [0.25, 0.3) is 0 Å². The molecule has 2 unspecified atom stereocenters. The third-order valence-electron chi connectivity index (χ3n) is 4.78. The number of nitrogens with two attached hydrogens (primary N) is 1. The fraction of sp³-hybridized carbons (Fsp3) is 0.733. The van der Waals surface area contributed by atoms with E-state index >= 15 is 0 Å². The van der Waals surface area contributed by atoms with Gasteiger partial charge in [-0.1, -0.05) is 24.9 Å². The van der Waals surface area contributed by atoms with E-state index in [9.17, 15) is 0 Å². The average molecular weight is 316 g/mol. The van der Waals surface area contributed by atoms with Crippen molar-refractivity contribution in [3.63, 3.8) is 0 Å². The van der Waals surface area contributed by atoms with Crippen LogP contribution in [0.2, 0.25) is 4.34 Å². The second-order valence-electron chi connectivity index (χ2n) is 5.89. The molecule has 1 fully saturated rings. The van der Waals surface area contributed by atoms with Crippen LogP contribution in [0.3, 0.4) is 0 Å². The molecule has 1 aliphatic heterocycles. The maximum atomic E-state index is 6.04. The average Bonchev–Trinajstić information content (AvgIpc) is 2.90. The van der Waals surface area contributed by atoms with E-state index in [0.29, 0.717) is 0 Å². The summed E-state index contributed by atoms with van der Waals surface area (Å²) in [4.78, 5) is 3.92. The predicted octanol–water partition coefficient (Wildman–Crippen LogP) is 3.43. The van der Waals surface area contributed by atoms with Gasteiger partial charge < -0.3 is 0 Å². The number of hydrogen-bond donors (Lipinski definition) is 2. The van der Waals surface area contributed by atoms with E-state index in [1.807, 2.05) is 6.07 Å². The van der Waals surface area contributed by atoms with E-state index in [1.165, 1.54) is 37.2 Å². The van der Waals surface area contributed by atoms with E-state index < -0.39 is 0 Å². The zero-order valence-electron chi connectivity index (χ0n) is 12.5. The van der Waals surface area contributed by atoms with Crippen molar-refractivity contribution in [3.05, 3.63) is 21.3 Å². The molecule has 3 nitrogen and oxygen atoms in total. The molecule has 1 aliphatic rings. The largest absolute Gasteiger partial charge is 0.296 e. The highest BCUT2D eigenvalue weighted by atomic mass is 35.5. The lowest BCUT2D eigenvalue weighted by atomic mass is 9.84. The third kappa shape index (κ3) is 3.55. The lowest BCUT2D eigenvalue weighted by molar-refractivity contribution is 0.0432. The zero-order valence-corrected chi connectivity index (χ0v) is 14.1. The van der Waals surface area contributed by atoms with Gasteiger partial charge in [0, 0.05) is 22.9 Å². The maximum absolute atomic E-state index is 6.04. The molecule has 114 valence electrons. The highest BCUT2D eigenvalue weighted by Gasteiger charge is 2.38.